The van der Waals surface area contributed by atoms with Crippen molar-refractivity contribution >= 4 is 0 Å². The van der Waals surface area contributed by atoms with Crippen LogP contribution in [0.1, 0.15) is 17.5 Å². The van der Waals surface area contributed by atoms with E-state index in [0.29, 0.717) is 0 Å². The van der Waals surface area contributed by atoms with Gasteiger partial charge in [-0.05, 0) is 30.0 Å². The highest BCUT2D eigenvalue weighted by Crippen LogP contribution is 2.03. The fraction of sp³-hybridized carbons (Fsp3) is 0.222. The zero-order valence-corrected chi connectivity index (χ0v) is 11.2. The van der Waals surface area contributed by atoms with Crippen molar-refractivity contribution in [2.24, 2.45) is 0 Å². The van der Waals surface area contributed by atoms with E-state index in [2.05, 4.69) is 54.6 Å². The van der Waals surface area contributed by atoms with Crippen molar-refractivity contribution in [1.29, 1.82) is 0 Å². The average molecular weight is 252 g/mol. The van der Waals surface area contributed by atoms with Gasteiger partial charge in [0.1, 0.15) is 0 Å². The summed E-state index contributed by atoms with van der Waals surface area (Å²) in [5.74, 6) is 0. The van der Waals surface area contributed by atoms with Crippen molar-refractivity contribution in [3.63, 3.8) is 0 Å². The average Bonchev–Trinajstić information content (AvgIpc) is 2.48. The van der Waals surface area contributed by atoms with Gasteiger partial charge in [-0.25, -0.2) is 0 Å². The molecule has 2 rings (SSSR count). The van der Waals surface area contributed by atoms with E-state index < -0.39 is 0 Å². The van der Waals surface area contributed by atoms with Gasteiger partial charge < -0.3 is 4.74 Å². The number of allylic oxidation sites excluding steroid dienone is 1. The largest absolute Gasteiger partial charge is 0.501 e. The number of ether oxygens (including phenoxy) is 1. The van der Waals surface area contributed by atoms with Crippen molar-refractivity contribution in [2.75, 3.05) is 6.61 Å². The molecule has 0 unspecified atom stereocenters. The van der Waals surface area contributed by atoms with Crippen LogP contribution in [0.15, 0.2) is 73.0 Å². The lowest BCUT2D eigenvalue weighted by atomic mass is 10.1. The highest BCUT2D eigenvalue weighted by atomic mass is 16.5. The molecule has 0 saturated carbocycles. The molecule has 2 aromatic carbocycles. The molecule has 0 aliphatic rings. The van der Waals surface area contributed by atoms with E-state index in [9.17, 15) is 0 Å². The van der Waals surface area contributed by atoms with Crippen LogP contribution in [0.3, 0.4) is 0 Å². The van der Waals surface area contributed by atoms with Crippen LogP contribution in [0.2, 0.25) is 0 Å². The Kier molecular flexibility index (Phi) is 5.75. The zero-order valence-electron chi connectivity index (χ0n) is 11.2. The maximum atomic E-state index is 5.49. The molecule has 0 N–H and O–H groups in total. The Morgan fingerprint density at radius 1 is 0.737 bits per heavy atom. The number of hydrogen-bond acceptors (Lipinski definition) is 1. The molecule has 0 saturated heterocycles. The lowest BCUT2D eigenvalue weighted by molar-refractivity contribution is 0.252. The van der Waals surface area contributed by atoms with Crippen LogP contribution in [0.25, 0.3) is 0 Å². The zero-order chi connectivity index (χ0) is 13.2. The van der Waals surface area contributed by atoms with Crippen LogP contribution in [0.4, 0.5) is 0 Å². The Bertz CT molecular complexity index is 474. The van der Waals surface area contributed by atoms with E-state index in [1.807, 2.05) is 18.4 Å². The molecule has 1 heteroatoms. The molecule has 0 amide bonds. The third-order valence-electron chi connectivity index (χ3n) is 2.99. The number of benzene rings is 2. The molecule has 19 heavy (non-hydrogen) atoms. The second-order valence-electron chi connectivity index (χ2n) is 4.50. The van der Waals surface area contributed by atoms with Crippen molar-refractivity contribution in [2.45, 2.75) is 19.3 Å². The molecule has 0 aromatic heterocycles. The number of hydrogen-bond donors (Lipinski definition) is 0. The van der Waals surface area contributed by atoms with E-state index in [0.717, 1.165) is 25.9 Å². The van der Waals surface area contributed by atoms with Crippen LogP contribution in [-0.4, -0.2) is 6.61 Å². The van der Waals surface area contributed by atoms with Crippen LogP contribution in [0, 0.1) is 0 Å². The molecule has 0 atom stereocenters. The second-order valence-corrected chi connectivity index (χ2v) is 4.50. The lowest BCUT2D eigenvalue weighted by Gasteiger charge is -2.01. The Morgan fingerprint density at radius 3 is 1.95 bits per heavy atom. The standard InChI is InChI=1S/C18H20O/c1-3-9-17(10-4-1)13-7-8-15-19-16-14-18-11-5-2-6-12-18/h1-6,8-12,15H,7,13-14,16H2. The summed E-state index contributed by atoms with van der Waals surface area (Å²) in [5, 5.41) is 0. The number of aryl methyl sites for hydroxylation is 1. The normalized spacial score (nSPS) is 10.7. The SMILES string of the molecule is C(=COCCc1ccccc1)CCc1ccccc1. The first-order valence-corrected chi connectivity index (χ1v) is 6.79. The molecule has 98 valence electrons. The van der Waals surface area contributed by atoms with Gasteiger partial charge in [0.25, 0.3) is 0 Å². The lowest BCUT2D eigenvalue weighted by Crippen LogP contribution is -1.93. The summed E-state index contributed by atoms with van der Waals surface area (Å²) in [6.45, 7) is 0.742. The maximum Gasteiger partial charge on any atom is 0.0913 e. The van der Waals surface area contributed by atoms with Gasteiger partial charge in [0, 0.05) is 6.42 Å². The van der Waals surface area contributed by atoms with Gasteiger partial charge in [0.05, 0.1) is 12.9 Å². The first kappa shape index (κ1) is 13.4. The van der Waals surface area contributed by atoms with Crippen molar-refractivity contribution < 1.29 is 4.74 Å². The van der Waals surface area contributed by atoms with E-state index in [1.165, 1.54) is 11.1 Å². The molecule has 2 aromatic rings. The fourth-order valence-electron chi connectivity index (χ4n) is 1.92. The van der Waals surface area contributed by atoms with E-state index >= 15 is 0 Å². The molecule has 0 spiro atoms. The molecule has 0 heterocycles. The van der Waals surface area contributed by atoms with Gasteiger partial charge in [-0.3, -0.25) is 0 Å². The smallest absolute Gasteiger partial charge is 0.0913 e. The van der Waals surface area contributed by atoms with E-state index in [4.69, 9.17) is 4.74 Å². The van der Waals surface area contributed by atoms with Gasteiger partial charge >= 0.3 is 0 Å². The van der Waals surface area contributed by atoms with Gasteiger partial charge in [-0.2, -0.15) is 0 Å². The summed E-state index contributed by atoms with van der Waals surface area (Å²) in [6, 6.07) is 20.9. The third kappa shape index (κ3) is 5.43. The summed E-state index contributed by atoms with van der Waals surface area (Å²) in [7, 11) is 0. The Morgan fingerprint density at radius 2 is 1.32 bits per heavy atom. The molecule has 0 radical (unpaired) electrons. The minimum Gasteiger partial charge on any atom is -0.501 e. The molecular formula is C18H20O. The van der Waals surface area contributed by atoms with Gasteiger partial charge in [0.2, 0.25) is 0 Å². The van der Waals surface area contributed by atoms with Gasteiger partial charge in [-0.15, -0.1) is 0 Å². The molecule has 1 nitrogen and oxygen atoms in total. The molecule has 0 aliphatic carbocycles. The van der Waals surface area contributed by atoms with Gasteiger partial charge in [0.15, 0.2) is 0 Å². The highest BCUT2D eigenvalue weighted by Gasteiger charge is 1.90. The number of rotatable bonds is 7. The Balaban J connectivity index is 1.57. The Labute approximate surface area is 115 Å². The summed E-state index contributed by atoms with van der Waals surface area (Å²) in [4.78, 5) is 0. The highest BCUT2D eigenvalue weighted by molar-refractivity contribution is 5.15. The summed E-state index contributed by atoms with van der Waals surface area (Å²) < 4.78 is 5.49. The molecule has 0 fully saturated rings. The van der Waals surface area contributed by atoms with E-state index in [1.54, 1.807) is 0 Å². The van der Waals surface area contributed by atoms with Crippen LogP contribution in [0.5, 0.6) is 0 Å². The molecule has 0 bridgehead atoms. The monoisotopic (exact) mass is 252 g/mol. The van der Waals surface area contributed by atoms with Gasteiger partial charge in [-0.1, -0.05) is 60.7 Å². The van der Waals surface area contributed by atoms with Crippen LogP contribution >= 0.6 is 0 Å². The van der Waals surface area contributed by atoms with Crippen LogP contribution < -0.4 is 0 Å². The molecular weight excluding hydrogens is 232 g/mol. The Hall–Kier alpha value is -2.02. The van der Waals surface area contributed by atoms with E-state index in [-0.39, 0.29) is 0 Å². The summed E-state index contributed by atoms with van der Waals surface area (Å²) >= 11 is 0. The molecule has 0 aliphatic heterocycles. The first-order valence-electron chi connectivity index (χ1n) is 6.79. The van der Waals surface area contributed by atoms with Crippen LogP contribution in [-0.2, 0) is 17.6 Å². The first-order chi connectivity index (χ1) is 9.45. The predicted molar refractivity (Wildman–Crippen MR) is 80.0 cm³/mol. The predicted octanol–water partition coefficient (Wildman–Crippen LogP) is 4.39. The van der Waals surface area contributed by atoms with Crippen molar-refractivity contribution in [3.8, 4) is 0 Å². The fourth-order valence-corrected chi connectivity index (χ4v) is 1.92. The third-order valence-corrected chi connectivity index (χ3v) is 2.99. The minimum absolute atomic E-state index is 0.742. The summed E-state index contributed by atoms with van der Waals surface area (Å²) in [5.41, 5.74) is 2.69. The second kappa shape index (κ2) is 8.15. The summed E-state index contributed by atoms with van der Waals surface area (Å²) in [6.07, 6.45) is 6.97. The van der Waals surface area contributed by atoms with Crippen molar-refractivity contribution in [3.05, 3.63) is 84.1 Å². The maximum absolute atomic E-state index is 5.49. The quantitative estimate of drug-likeness (QED) is 0.524. The van der Waals surface area contributed by atoms with Crippen molar-refractivity contribution in [1.82, 2.24) is 0 Å². The topological polar surface area (TPSA) is 9.23 Å². The minimum atomic E-state index is 0.742.